The van der Waals surface area contributed by atoms with E-state index in [2.05, 4.69) is 28.1 Å². The highest BCUT2D eigenvalue weighted by Gasteiger charge is 2.30. The first kappa shape index (κ1) is 19.6. The molecule has 5 nitrogen and oxygen atoms in total. The van der Waals surface area contributed by atoms with Crippen LogP contribution in [-0.4, -0.2) is 23.9 Å². The van der Waals surface area contributed by atoms with Crippen LogP contribution < -0.4 is 16.0 Å². The first-order chi connectivity index (χ1) is 14.2. The molecular weight excluding hydrogens is 362 g/mol. The minimum Gasteiger partial charge on any atom is -0.351 e. The van der Waals surface area contributed by atoms with E-state index in [9.17, 15) is 9.59 Å². The molecule has 2 aromatic rings. The van der Waals surface area contributed by atoms with E-state index in [0.717, 1.165) is 31.2 Å². The molecule has 29 heavy (non-hydrogen) atoms. The average Bonchev–Trinajstić information content (AvgIpc) is 2.78. The summed E-state index contributed by atoms with van der Waals surface area (Å²) in [6, 6.07) is 16.9. The largest absolute Gasteiger partial charge is 0.351 e. The summed E-state index contributed by atoms with van der Waals surface area (Å²) in [7, 11) is 0. The molecule has 2 atom stereocenters. The van der Waals surface area contributed by atoms with Gasteiger partial charge in [0.25, 0.3) is 0 Å². The van der Waals surface area contributed by atoms with Gasteiger partial charge in [-0.15, -0.1) is 0 Å². The van der Waals surface area contributed by atoms with Crippen molar-refractivity contribution in [2.24, 2.45) is 0 Å². The number of fused-ring (bicyclic) bond motifs is 1. The van der Waals surface area contributed by atoms with Gasteiger partial charge in [-0.05, 0) is 36.0 Å². The van der Waals surface area contributed by atoms with Crippen molar-refractivity contribution in [3.05, 3.63) is 71.3 Å². The minimum atomic E-state index is -0.676. The molecule has 1 aliphatic heterocycles. The molecule has 1 saturated carbocycles. The van der Waals surface area contributed by atoms with Crippen molar-refractivity contribution < 1.29 is 9.59 Å². The van der Waals surface area contributed by atoms with Crippen molar-refractivity contribution in [1.82, 2.24) is 16.0 Å². The Kier molecular flexibility index (Phi) is 6.25. The fraction of sp³-hybridized carbons (Fsp3) is 0.417. The molecule has 1 aliphatic carbocycles. The normalized spacial score (nSPS) is 20.3. The van der Waals surface area contributed by atoms with Gasteiger partial charge in [-0.1, -0.05) is 73.9 Å². The molecule has 0 aromatic heterocycles. The van der Waals surface area contributed by atoms with E-state index in [1.807, 2.05) is 42.5 Å². The third-order valence-corrected chi connectivity index (χ3v) is 6.03. The number of hydrogen-bond acceptors (Lipinski definition) is 3. The Hall–Kier alpha value is -2.66. The van der Waals surface area contributed by atoms with Crippen molar-refractivity contribution in [3.8, 4) is 0 Å². The van der Waals surface area contributed by atoms with E-state index in [4.69, 9.17) is 0 Å². The summed E-state index contributed by atoms with van der Waals surface area (Å²) in [6.45, 7) is 0.665. The molecule has 3 N–H and O–H groups in total. The molecule has 1 fully saturated rings. The summed E-state index contributed by atoms with van der Waals surface area (Å²) in [5.74, 6) is -0.250. The van der Waals surface area contributed by atoms with E-state index in [0.29, 0.717) is 13.0 Å². The quantitative estimate of drug-likeness (QED) is 0.734. The maximum Gasteiger partial charge on any atom is 0.247 e. The second kappa shape index (κ2) is 9.23. The number of carbonyl (C=O) groups excluding carboxylic acids is 2. The molecule has 0 unspecified atom stereocenters. The highest BCUT2D eigenvalue weighted by atomic mass is 16.2. The van der Waals surface area contributed by atoms with Gasteiger partial charge in [-0.25, -0.2) is 0 Å². The van der Waals surface area contributed by atoms with Crippen LogP contribution in [0.25, 0.3) is 0 Å². The van der Waals surface area contributed by atoms with Gasteiger partial charge in [-0.3, -0.25) is 9.59 Å². The van der Waals surface area contributed by atoms with Crippen molar-refractivity contribution in [2.75, 3.05) is 0 Å². The molecule has 5 heteroatoms. The molecule has 0 bridgehead atoms. The van der Waals surface area contributed by atoms with Gasteiger partial charge in [0.2, 0.25) is 11.8 Å². The van der Waals surface area contributed by atoms with Gasteiger partial charge >= 0.3 is 0 Å². The number of amides is 2. The Labute approximate surface area is 172 Å². The van der Waals surface area contributed by atoms with E-state index in [1.54, 1.807) is 0 Å². The third-order valence-electron chi connectivity index (χ3n) is 6.03. The van der Waals surface area contributed by atoms with Crippen LogP contribution in [0, 0.1) is 0 Å². The van der Waals surface area contributed by atoms with E-state index < -0.39 is 6.04 Å². The Morgan fingerprint density at radius 2 is 1.59 bits per heavy atom. The smallest absolute Gasteiger partial charge is 0.247 e. The minimum absolute atomic E-state index is 0.118. The Morgan fingerprint density at radius 3 is 2.34 bits per heavy atom. The van der Waals surface area contributed by atoms with Crippen molar-refractivity contribution in [2.45, 2.75) is 63.2 Å². The molecule has 4 rings (SSSR count). The standard InChI is InChI=1S/C24H29N3O2/c28-23(21-15-18-11-7-8-12-19(18)16-25-21)27-22(17-9-3-1-4-10-17)24(29)26-20-13-5-2-6-14-20/h1,3-4,7-12,20-22,25H,2,5-6,13-16H2,(H,26,29)(H,27,28)/t21-,22+/m0/s1. The molecule has 0 saturated heterocycles. The number of benzene rings is 2. The molecule has 0 radical (unpaired) electrons. The number of carbonyl (C=O) groups is 2. The van der Waals surface area contributed by atoms with E-state index in [-0.39, 0.29) is 23.9 Å². The number of hydrogen-bond donors (Lipinski definition) is 3. The van der Waals surface area contributed by atoms with Crippen molar-refractivity contribution in [1.29, 1.82) is 0 Å². The maximum atomic E-state index is 13.1. The molecule has 1 heterocycles. The van der Waals surface area contributed by atoms with Crippen LogP contribution in [-0.2, 0) is 22.6 Å². The number of rotatable bonds is 5. The predicted octanol–water partition coefficient (Wildman–Crippen LogP) is 3.01. The highest BCUT2D eigenvalue weighted by molar-refractivity contribution is 5.91. The summed E-state index contributed by atoms with van der Waals surface area (Å²) < 4.78 is 0. The van der Waals surface area contributed by atoms with Crippen LogP contribution in [0.1, 0.15) is 54.8 Å². The van der Waals surface area contributed by atoms with Crippen LogP contribution in [0.2, 0.25) is 0 Å². The van der Waals surface area contributed by atoms with Crippen LogP contribution in [0.4, 0.5) is 0 Å². The van der Waals surface area contributed by atoms with E-state index in [1.165, 1.54) is 17.5 Å². The van der Waals surface area contributed by atoms with Gasteiger partial charge in [0.15, 0.2) is 0 Å². The van der Waals surface area contributed by atoms with E-state index >= 15 is 0 Å². The monoisotopic (exact) mass is 391 g/mol. The summed E-state index contributed by atoms with van der Waals surface area (Å²) >= 11 is 0. The Morgan fingerprint density at radius 1 is 0.897 bits per heavy atom. The van der Waals surface area contributed by atoms with Gasteiger partial charge in [0.1, 0.15) is 6.04 Å². The summed E-state index contributed by atoms with van der Waals surface area (Å²) in [6.07, 6.45) is 6.20. The van der Waals surface area contributed by atoms with Crippen LogP contribution >= 0.6 is 0 Å². The van der Waals surface area contributed by atoms with Gasteiger partial charge < -0.3 is 16.0 Å². The fourth-order valence-corrected chi connectivity index (χ4v) is 4.36. The second-order valence-electron chi connectivity index (χ2n) is 8.10. The van der Waals surface area contributed by atoms with Crippen LogP contribution in [0.15, 0.2) is 54.6 Å². The van der Waals surface area contributed by atoms with Crippen LogP contribution in [0.3, 0.4) is 0 Å². The lowest BCUT2D eigenvalue weighted by Crippen LogP contribution is -2.52. The summed E-state index contributed by atoms with van der Waals surface area (Å²) in [5, 5.41) is 9.49. The predicted molar refractivity (Wildman–Crippen MR) is 113 cm³/mol. The summed E-state index contributed by atoms with van der Waals surface area (Å²) in [5.41, 5.74) is 3.23. The highest BCUT2D eigenvalue weighted by Crippen LogP contribution is 2.21. The lowest BCUT2D eigenvalue weighted by Gasteiger charge is -2.29. The van der Waals surface area contributed by atoms with Gasteiger partial charge in [0, 0.05) is 12.6 Å². The van der Waals surface area contributed by atoms with Crippen LogP contribution in [0.5, 0.6) is 0 Å². The lowest BCUT2D eigenvalue weighted by atomic mass is 9.94. The lowest BCUT2D eigenvalue weighted by molar-refractivity contribution is -0.130. The zero-order chi connectivity index (χ0) is 20.1. The van der Waals surface area contributed by atoms with Gasteiger partial charge in [-0.2, -0.15) is 0 Å². The number of nitrogens with one attached hydrogen (secondary N) is 3. The molecule has 2 amide bonds. The second-order valence-corrected chi connectivity index (χ2v) is 8.10. The zero-order valence-corrected chi connectivity index (χ0v) is 16.7. The zero-order valence-electron chi connectivity index (χ0n) is 16.7. The molecular formula is C24H29N3O2. The molecule has 0 spiro atoms. The first-order valence-electron chi connectivity index (χ1n) is 10.7. The fourth-order valence-electron chi connectivity index (χ4n) is 4.36. The third kappa shape index (κ3) is 4.85. The Balaban J connectivity index is 1.46. The summed E-state index contributed by atoms with van der Waals surface area (Å²) in [4.78, 5) is 26.1. The first-order valence-corrected chi connectivity index (χ1v) is 10.7. The molecule has 152 valence electrons. The van der Waals surface area contributed by atoms with Crippen molar-refractivity contribution >= 4 is 11.8 Å². The van der Waals surface area contributed by atoms with Gasteiger partial charge in [0.05, 0.1) is 6.04 Å². The maximum absolute atomic E-state index is 13.1. The molecule has 2 aliphatic rings. The topological polar surface area (TPSA) is 70.2 Å². The SMILES string of the molecule is O=C(N[C@@H](C(=O)NC1CCCCC1)c1ccccc1)[C@@H]1Cc2ccccc2CN1. The Bertz CT molecular complexity index is 846. The van der Waals surface area contributed by atoms with Crippen molar-refractivity contribution in [3.63, 3.8) is 0 Å². The average molecular weight is 392 g/mol. The molecule has 2 aromatic carbocycles.